The molecule has 1 aliphatic heterocycles. The van der Waals surface area contributed by atoms with Gasteiger partial charge in [-0.2, -0.15) is 0 Å². The van der Waals surface area contributed by atoms with E-state index in [1.165, 1.54) is 19.1 Å². The molecule has 126 valence electrons. The van der Waals surface area contributed by atoms with Crippen LogP contribution in [0.2, 0.25) is 5.02 Å². The summed E-state index contributed by atoms with van der Waals surface area (Å²) >= 11 is 6.79. The fourth-order valence-corrected chi connectivity index (χ4v) is 5.09. The van der Waals surface area contributed by atoms with E-state index in [0.29, 0.717) is 4.90 Å². The summed E-state index contributed by atoms with van der Waals surface area (Å²) < 4.78 is 23.2. The monoisotopic (exact) mass is 362 g/mol. The van der Waals surface area contributed by atoms with Gasteiger partial charge in [-0.25, -0.2) is 13.4 Å². The molecule has 1 N–H and O–H groups in total. The first kappa shape index (κ1) is 15.9. The van der Waals surface area contributed by atoms with E-state index in [-0.39, 0.29) is 5.41 Å². The van der Waals surface area contributed by atoms with E-state index in [9.17, 15) is 8.42 Å². The van der Waals surface area contributed by atoms with E-state index in [0.717, 1.165) is 46.9 Å². The lowest BCUT2D eigenvalue weighted by molar-refractivity contribution is 0.489. The second-order valence-corrected chi connectivity index (χ2v) is 9.24. The van der Waals surface area contributed by atoms with Crippen molar-refractivity contribution in [3.8, 4) is 11.1 Å². The van der Waals surface area contributed by atoms with Crippen LogP contribution >= 0.6 is 11.6 Å². The predicted molar refractivity (Wildman–Crippen MR) is 96.4 cm³/mol. The summed E-state index contributed by atoms with van der Waals surface area (Å²) in [6.07, 6.45) is 7.73. The van der Waals surface area contributed by atoms with Gasteiger partial charge in [-0.15, -0.1) is 0 Å². The quantitative estimate of drug-likeness (QED) is 0.875. The number of rotatable bonds is 2. The van der Waals surface area contributed by atoms with Crippen LogP contribution in [0.3, 0.4) is 0 Å². The zero-order valence-corrected chi connectivity index (χ0v) is 15.0. The summed E-state index contributed by atoms with van der Waals surface area (Å²) in [7, 11) is -3.20. The van der Waals surface area contributed by atoms with E-state index in [1.807, 2.05) is 0 Å². The molecule has 0 radical (unpaired) electrons. The highest BCUT2D eigenvalue weighted by Gasteiger charge is 2.44. The van der Waals surface area contributed by atoms with Crippen molar-refractivity contribution in [3.63, 3.8) is 0 Å². The lowest BCUT2D eigenvalue weighted by atomic mass is 9.80. The number of sulfone groups is 1. The molecule has 24 heavy (non-hydrogen) atoms. The molecular weight excluding hydrogens is 344 g/mol. The first-order chi connectivity index (χ1) is 11.4. The second-order valence-electron chi connectivity index (χ2n) is 6.85. The van der Waals surface area contributed by atoms with Gasteiger partial charge in [0.25, 0.3) is 0 Å². The van der Waals surface area contributed by atoms with E-state index in [4.69, 9.17) is 11.6 Å². The molecule has 1 spiro atoms. The molecule has 4 rings (SSSR count). The Hall–Kier alpha value is -1.59. The average molecular weight is 363 g/mol. The van der Waals surface area contributed by atoms with Crippen LogP contribution < -0.4 is 5.32 Å². The highest BCUT2D eigenvalue weighted by molar-refractivity contribution is 7.90. The van der Waals surface area contributed by atoms with Gasteiger partial charge in [-0.3, -0.25) is 0 Å². The lowest BCUT2D eigenvalue weighted by Crippen LogP contribution is -2.24. The van der Waals surface area contributed by atoms with Crippen molar-refractivity contribution < 1.29 is 8.42 Å². The SMILES string of the molecule is CS(=O)(=O)c1ccc(-c2cnc3c(c2Cl)C2(CCCC2)CN3)cc1. The minimum absolute atomic E-state index is 0.113. The summed E-state index contributed by atoms with van der Waals surface area (Å²) in [6.45, 7) is 0.908. The third-order valence-electron chi connectivity index (χ3n) is 5.29. The molecule has 1 fully saturated rings. The van der Waals surface area contributed by atoms with Gasteiger partial charge >= 0.3 is 0 Å². The van der Waals surface area contributed by atoms with Gasteiger partial charge in [-0.05, 0) is 30.5 Å². The molecule has 0 unspecified atom stereocenters. The first-order valence-corrected chi connectivity index (χ1v) is 10.4. The minimum Gasteiger partial charge on any atom is -0.369 e. The third-order valence-corrected chi connectivity index (χ3v) is 6.82. The lowest BCUT2D eigenvalue weighted by Gasteiger charge is -2.24. The van der Waals surface area contributed by atoms with E-state index >= 15 is 0 Å². The predicted octanol–water partition coefficient (Wildman–Crippen LogP) is 4.04. The maximum Gasteiger partial charge on any atom is 0.175 e. The Bertz CT molecular complexity index is 901. The van der Waals surface area contributed by atoms with Gasteiger partial charge in [0.05, 0.1) is 9.92 Å². The Morgan fingerprint density at radius 3 is 2.46 bits per heavy atom. The van der Waals surface area contributed by atoms with Crippen LogP contribution in [0.5, 0.6) is 0 Å². The number of aromatic nitrogens is 1. The Balaban J connectivity index is 1.81. The van der Waals surface area contributed by atoms with Gasteiger partial charge in [0.15, 0.2) is 9.84 Å². The molecule has 0 bridgehead atoms. The molecular formula is C18H19ClN2O2S. The highest BCUT2D eigenvalue weighted by atomic mass is 35.5. The number of benzene rings is 1. The molecule has 2 aromatic rings. The number of fused-ring (bicyclic) bond motifs is 2. The van der Waals surface area contributed by atoms with Crippen LogP contribution in [-0.2, 0) is 15.3 Å². The van der Waals surface area contributed by atoms with Crippen molar-refractivity contribution in [2.45, 2.75) is 36.0 Å². The molecule has 1 saturated carbocycles. The summed E-state index contributed by atoms with van der Waals surface area (Å²) in [4.78, 5) is 4.88. The van der Waals surface area contributed by atoms with Crippen molar-refractivity contribution in [2.24, 2.45) is 0 Å². The number of halogens is 1. The molecule has 2 heterocycles. The zero-order chi connectivity index (χ0) is 16.9. The fourth-order valence-electron chi connectivity index (χ4n) is 4.01. The fraction of sp³-hybridized carbons (Fsp3) is 0.389. The number of anilines is 1. The molecule has 2 aliphatic rings. The van der Waals surface area contributed by atoms with Crippen molar-refractivity contribution >= 4 is 27.3 Å². The molecule has 6 heteroatoms. The van der Waals surface area contributed by atoms with Crippen LogP contribution in [0.15, 0.2) is 35.4 Å². The van der Waals surface area contributed by atoms with Crippen molar-refractivity contribution in [3.05, 3.63) is 41.0 Å². The Kier molecular flexibility index (Phi) is 3.62. The normalized spacial score (nSPS) is 18.6. The van der Waals surface area contributed by atoms with Crippen LogP contribution in [0.4, 0.5) is 5.82 Å². The molecule has 0 atom stereocenters. The molecule has 0 saturated heterocycles. The largest absolute Gasteiger partial charge is 0.369 e. The summed E-state index contributed by atoms with van der Waals surface area (Å²) in [5.41, 5.74) is 3.02. The maximum absolute atomic E-state index is 11.6. The summed E-state index contributed by atoms with van der Waals surface area (Å²) in [5, 5.41) is 4.16. The molecule has 1 aromatic heterocycles. The van der Waals surface area contributed by atoms with Crippen LogP contribution in [0.25, 0.3) is 11.1 Å². The van der Waals surface area contributed by atoms with Crippen molar-refractivity contribution in [1.29, 1.82) is 0 Å². The molecule has 0 amide bonds. The van der Waals surface area contributed by atoms with Gasteiger partial charge < -0.3 is 5.32 Å². The summed E-state index contributed by atoms with van der Waals surface area (Å²) in [6, 6.07) is 6.85. The molecule has 1 aliphatic carbocycles. The van der Waals surface area contributed by atoms with E-state index in [1.54, 1.807) is 30.5 Å². The Morgan fingerprint density at radius 1 is 1.17 bits per heavy atom. The topological polar surface area (TPSA) is 59.1 Å². The van der Waals surface area contributed by atoms with Gasteiger partial charge in [0.1, 0.15) is 5.82 Å². The molecule has 4 nitrogen and oxygen atoms in total. The van der Waals surface area contributed by atoms with Crippen molar-refractivity contribution in [1.82, 2.24) is 4.98 Å². The third kappa shape index (κ3) is 2.42. The van der Waals surface area contributed by atoms with Crippen LogP contribution in [0.1, 0.15) is 31.2 Å². The van der Waals surface area contributed by atoms with Gasteiger partial charge in [0, 0.05) is 35.5 Å². The average Bonchev–Trinajstić information content (AvgIpc) is 3.16. The Morgan fingerprint density at radius 2 is 1.83 bits per heavy atom. The maximum atomic E-state index is 11.6. The zero-order valence-electron chi connectivity index (χ0n) is 13.5. The van der Waals surface area contributed by atoms with Gasteiger partial charge in [0.2, 0.25) is 0 Å². The number of hydrogen-bond donors (Lipinski definition) is 1. The standard InChI is InChI=1S/C18H19ClN2O2S/c1-24(22,23)13-6-4-12(5-7-13)14-10-20-17-15(16(14)19)18(11-21-17)8-2-3-9-18/h4-7,10H,2-3,8-9,11H2,1H3,(H,20,21). The highest BCUT2D eigenvalue weighted by Crippen LogP contribution is 2.51. The summed E-state index contributed by atoms with van der Waals surface area (Å²) in [5.74, 6) is 0.901. The second kappa shape index (κ2) is 5.46. The van der Waals surface area contributed by atoms with Gasteiger partial charge in [-0.1, -0.05) is 36.6 Å². The van der Waals surface area contributed by atoms with Crippen LogP contribution in [0, 0.1) is 0 Å². The molecule has 1 aromatic carbocycles. The number of hydrogen-bond acceptors (Lipinski definition) is 4. The Labute approximate surface area is 147 Å². The smallest absolute Gasteiger partial charge is 0.175 e. The van der Waals surface area contributed by atoms with Crippen molar-refractivity contribution in [2.75, 3.05) is 18.1 Å². The van der Waals surface area contributed by atoms with E-state index in [2.05, 4.69) is 10.3 Å². The number of nitrogens with one attached hydrogen (secondary N) is 1. The first-order valence-electron chi connectivity index (χ1n) is 8.14. The van der Waals surface area contributed by atoms with E-state index < -0.39 is 9.84 Å². The number of pyridine rings is 1. The minimum atomic E-state index is -3.20. The van der Waals surface area contributed by atoms with Crippen LogP contribution in [-0.4, -0.2) is 26.2 Å². The number of nitrogens with zero attached hydrogens (tertiary/aromatic N) is 1.